The minimum atomic E-state index is -4.51. The predicted octanol–water partition coefficient (Wildman–Crippen LogP) is 6.71. The highest BCUT2D eigenvalue weighted by Gasteiger charge is 2.31. The van der Waals surface area contributed by atoms with Crippen LogP contribution in [0.3, 0.4) is 0 Å². The van der Waals surface area contributed by atoms with Gasteiger partial charge in [0, 0.05) is 30.8 Å². The number of halogens is 5. The molecular formula is C26H24F5N5O2S. The Balaban J connectivity index is 1.48. The summed E-state index contributed by atoms with van der Waals surface area (Å²) in [5, 5.41) is 6.84. The van der Waals surface area contributed by atoms with Crippen LogP contribution in [0.4, 0.5) is 32.4 Å². The Bertz CT molecular complexity index is 1360. The SMILES string of the molecule is CSc1ncc(C(C)=NOc2cccc(C(F)(F)F)c2)c(C2CCN(C(=O)Nc3c(F)cccc3F)CC2)n1. The van der Waals surface area contributed by atoms with Crippen LogP contribution in [0.1, 0.15) is 42.5 Å². The third-order valence-electron chi connectivity index (χ3n) is 6.18. The van der Waals surface area contributed by atoms with Crippen LogP contribution in [0.5, 0.6) is 5.75 Å². The molecule has 0 radical (unpaired) electrons. The fourth-order valence-electron chi connectivity index (χ4n) is 4.13. The maximum atomic E-state index is 13.9. The Morgan fingerprint density at radius 1 is 1.13 bits per heavy atom. The van der Waals surface area contributed by atoms with Crippen LogP contribution in [-0.2, 0) is 6.18 Å². The van der Waals surface area contributed by atoms with Crippen molar-refractivity contribution in [3.05, 3.63) is 77.1 Å². The zero-order chi connectivity index (χ0) is 28.2. The number of oxime groups is 1. The van der Waals surface area contributed by atoms with Crippen molar-refractivity contribution < 1.29 is 31.6 Å². The molecule has 1 fully saturated rings. The lowest BCUT2D eigenvalue weighted by Gasteiger charge is -2.32. The molecule has 0 atom stereocenters. The summed E-state index contributed by atoms with van der Waals surface area (Å²) in [6.07, 6.45) is -0.0880. The number of urea groups is 1. The largest absolute Gasteiger partial charge is 0.416 e. The van der Waals surface area contributed by atoms with Crippen molar-refractivity contribution in [2.24, 2.45) is 5.16 Å². The molecule has 2 amide bonds. The summed E-state index contributed by atoms with van der Waals surface area (Å²) in [5.41, 5.74) is 0.250. The maximum Gasteiger partial charge on any atom is 0.416 e. The molecule has 0 spiro atoms. The first-order valence-electron chi connectivity index (χ1n) is 11.9. The first-order chi connectivity index (χ1) is 18.6. The van der Waals surface area contributed by atoms with Crippen molar-refractivity contribution >= 4 is 29.2 Å². The minimum Gasteiger partial charge on any atom is -0.357 e. The predicted molar refractivity (Wildman–Crippen MR) is 137 cm³/mol. The number of anilines is 1. The number of carbonyl (C=O) groups is 1. The standard InChI is InChI=1S/C26H24F5N5O2S/c1-15(35-38-18-6-3-5-17(13-18)26(29,30)31)19-14-32-24(39-2)33-22(19)16-9-11-36(12-10-16)25(37)34-23-20(27)7-4-8-21(23)28/h3-8,13-14,16H,9-12H2,1-2H3,(H,34,37). The Morgan fingerprint density at radius 3 is 2.44 bits per heavy atom. The van der Waals surface area contributed by atoms with Crippen molar-refractivity contribution in [1.29, 1.82) is 0 Å². The van der Waals surface area contributed by atoms with Crippen LogP contribution in [0.15, 0.2) is 59.0 Å². The van der Waals surface area contributed by atoms with E-state index in [1.165, 1.54) is 34.9 Å². The first-order valence-corrected chi connectivity index (χ1v) is 13.1. The summed E-state index contributed by atoms with van der Waals surface area (Å²) < 4.78 is 66.9. The third-order valence-corrected chi connectivity index (χ3v) is 6.74. The first kappa shape index (κ1) is 28.3. The van der Waals surface area contributed by atoms with Crippen LogP contribution in [0.2, 0.25) is 0 Å². The zero-order valence-electron chi connectivity index (χ0n) is 20.9. The van der Waals surface area contributed by atoms with Gasteiger partial charge in [-0.05, 0) is 56.4 Å². The molecule has 1 aliphatic rings. The molecule has 13 heteroatoms. The lowest BCUT2D eigenvalue weighted by Crippen LogP contribution is -2.41. The Kier molecular flexibility index (Phi) is 8.68. The topological polar surface area (TPSA) is 79.7 Å². The highest BCUT2D eigenvalue weighted by molar-refractivity contribution is 7.98. The van der Waals surface area contributed by atoms with Crippen molar-refractivity contribution in [1.82, 2.24) is 14.9 Å². The molecule has 39 heavy (non-hydrogen) atoms. The van der Waals surface area contributed by atoms with E-state index >= 15 is 0 Å². The van der Waals surface area contributed by atoms with E-state index in [0.717, 1.165) is 24.3 Å². The van der Waals surface area contributed by atoms with E-state index in [1.54, 1.807) is 13.1 Å². The van der Waals surface area contributed by atoms with Crippen LogP contribution in [-0.4, -0.2) is 46.0 Å². The lowest BCUT2D eigenvalue weighted by atomic mass is 9.90. The van der Waals surface area contributed by atoms with Crippen LogP contribution in [0.25, 0.3) is 0 Å². The maximum absolute atomic E-state index is 13.9. The van der Waals surface area contributed by atoms with Crippen LogP contribution in [0, 0.1) is 11.6 Å². The zero-order valence-corrected chi connectivity index (χ0v) is 21.7. The monoisotopic (exact) mass is 565 g/mol. The molecular weight excluding hydrogens is 541 g/mol. The molecule has 0 aliphatic carbocycles. The number of hydrogen-bond acceptors (Lipinski definition) is 6. The second-order valence-corrected chi connectivity index (χ2v) is 9.51. The fourth-order valence-corrected chi connectivity index (χ4v) is 4.47. The second-order valence-electron chi connectivity index (χ2n) is 8.74. The number of nitrogens with zero attached hydrogens (tertiary/aromatic N) is 4. The quantitative estimate of drug-likeness (QED) is 0.118. The van der Waals surface area contributed by atoms with Gasteiger partial charge in [0.25, 0.3) is 0 Å². The van der Waals surface area contributed by atoms with Crippen molar-refractivity contribution in [3.63, 3.8) is 0 Å². The summed E-state index contributed by atoms with van der Waals surface area (Å²) in [4.78, 5) is 28.3. The summed E-state index contributed by atoms with van der Waals surface area (Å²) in [6.45, 7) is 2.25. The fraction of sp³-hybridized carbons (Fsp3) is 0.308. The molecule has 1 aliphatic heterocycles. The number of nitrogens with one attached hydrogen (secondary N) is 1. The molecule has 206 valence electrons. The van der Waals surface area contributed by atoms with E-state index in [1.807, 2.05) is 6.26 Å². The number of alkyl halides is 3. The highest BCUT2D eigenvalue weighted by atomic mass is 32.2. The highest BCUT2D eigenvalue weighted by Crippen LogP contribution is 2.33. The van der Waals surface area contributed by atoms with Gasteiger partial charge < -0.3 is 15.1 Å². The van der Waals surface area contributed by atoms with Gasteiger partial charge in [0.15, 0.2) is 10.9 Å². The van der Waals surface area contributed by atoms with Crippen molar-refractivity contribution in [2.75, 3.05) is 24.7 Å². The van der Waals surface area contributed by atoms with Crippen molar-refractivity contribution in [2.45, 2.75) is 37.0 Å². The van der Waals surface area contributed by atoms with Crippen LogP contribution < -0.4 is 10.2 Å². The Hall–Kier alpha value is -3.74. The van der Waals surface area contributed by atoms with E-state index in [2.05, 4.69) is 20.4 Å². The normalized spacial score (nSPS) is 14.8. The average molecular weight is 566 g/mol. The van der Waals surface area contributed by atoms with E-state index in [9.17, 15) is 26.7 Å². The van der Waals surface area contributed by atoms with E-state index in [-0.39, 0.29) is 11.7 Å². The lowest BCUT2D eigenvalue weighted by molar-refractivity contribution is -0.137. The third kappa shape index (κ3) is 6.83. The molecule has 7 nitrogen and oxygen atoms in total. The van der Waals surface area contributed by atoms with Gasteiger partial charge in [-0.25, -0.2) is 23.5 Å². The number of carbonyl (C=O) groups excluding carboxylic acids is 1. The molecule has 0 unspecified atom stereocenters. The minimum absolute atomic E-state index is 0.0713. The number of piperidine rings is 1. The molecule has 4 rings (SSSR count). The summed E-state index contributed by atoms with van der Waals surface area (Å²) in [7, 11) is 0. The van der Waals surface area contributed by atoms with Gasteiger partial charge in [-0.3, -0.25) is 0 Å². The molecule has 1 N–H and O–H groups in total. The van der Waals surface area contributed by atoms with Crippen LogP contribution >= 0.6 is 11.8 Å². The van der Waals surface area contributed by atoms with Gasteiger partial charge in [-0.15, -0.1) is 0 Å². The number of rotatable bonds is 6. The summed E-state index contributed by atoms with van der Waals surface area (Å²) in [6, 6.07) is 7.12. The molecule has 2 aromatic carbocycles. The van der Waals surface area contributed by atoms with E-state index in [0.29, 0.717) is 48.1 Å². The Morgan fingerprint density at radius 2 is 1.79 bits per heavy atom. The van der Waals surface area contributed by atoms with Crippen molar-refractivity contribution in [3.8, 4) is 5.75 Å². The smallest absolute Gasteiger partial charge is 0.357 e. The van der Waals surface area contributed by atoms with E-state index in [4.69, 9.17) is 4.84 Å². The van der Waals surface area contributed by atoms with Gasteiger partial charge in [0.05, 0.1) is 17.0 Å². The van der Waals surface area contributed by atoms with E-state index < -0.39 is 35.1 Å². The van der Waals surface area contributed by atoms with Gasteiger partial charge >= 0.3 is 12.2 Å². The summed E-state index contributed by atoms with van der Waals surface area (Å²) >= 11 is 1.35. The average Bonchev–Trinajstić information content (AvgIpc) is 2.93. The molecule has 1 aromatic heterocycles. The number of hydrogen-bond donors (Lipinski definition) is 1. The Labute approximate surface area is 225 Å². The van der Waals surface area contributed by atoms with Gasteiger partial charge in [0.2, 0.25) is 0 Å². The van der Waals surface area contributed by atoms with Gasteiger partial charge in [0.1, 0.15) is 17.3 Å². The molecule has 0 bridgehead atoms. The number of aromatic nitrogens is 2. The molecule has 0 saturated carbocycles. The van der Waals surface area contributed by atoms with Gasteiger partial charge in [-0.1, -0.05) is 29.1 Å². The molecule has 2 heterocycles. The number of likely N-dealkylation sites (tertiary alicyclic amines) is 1. The molecule has 1 saturated heterocycles. The second kappa shape index (κ2) is 12.0. The summed E-state index contributed by atoms with van der Waals surface area (Å²) in [5.74, 6) is -1.90. The van der Waals surface area contributed by atoms with Gasteiger partial charge in [-0.2, -0.15) is 13.2 Å². The molecule has 3 aromatic rings. The number of para-hydroxylation sites is 1. The number of benzene rings is 2. The number of thioether (sulfide) groups is 1. The number of amides is 2.